The Morgan fingerprint density at radius 2 is 2.12 bits per heavy atom. The van der Waals surface area contributed by atoms with E-state index >= 15 is 0 Å². The van der Waals surface area contributed by atoms with Crippen LogP contribution in [0.2, 0.25) is 10.0 Å². The van der Waals surface area contributed by atoms with Crippen LogP contribution in [-0.4, -0.2) is 27.2 Å². The van der Waals surface area contributed by atoms with Crippen molar-refractivity contribution in [1.82, 2.24) is 14.6 Å². The predicted octanol–water partition coefficient (Wildman–Crippen LogP) is 4.49. The monoisotopic (exact) mass is 397 g/mol. The van der Waals surface area contributed by atoms with Gasteiger partial charge in [-0.1, -0.05) is 23.2 Å². The first-order chi connectivity index (χ1) is 12.4. The summed E-state index contributed by atoms with van der Waals surface area (Å²) in [6.07, 6.45) is 2.28. The van der Waals surface area contributed by atoms with Crippen LogP contribution in [0.3, 0.4) is 0 Å². The summed E-state index contributed by atoms with van der Waals surface area (Å²) in [5, 5.41) is 4.22. The number of benzene rings is 1. The van der Waals surface area contributed by atoms with Crippen LogP contribution in [0.15, 0.2) is 30.6 Å². The van der Waals surface area contributed by atoms with Crippen LogP contribution >= 0.6 is 23.2 Å². The highest BCUT2D eigenvalue weighted by Gasteiger charge is 2.20. The summed E-state index contributed by atoms with van der Waals surface area (Å²) in [7, 11) is 0. The smallest absolute Gasteiger partial charge is 0.343 e. The third kappa shape index (κ3) is 3.45. The Morgan fingerprint density at radius 1 is 1.35 bits per heavy atom. The topological polar surface area (TPSA) is 65.7 Å². The van der Waals surface area contributed by atoms with Crippen molar-refractivity contribution in [3.05, 3.63) is 57.6 Å². The van der Waals surface area contributed by atoms with Crippen molar-refractivity contribution in [2.24, 2.45) is 0 Å². The fraction of sp³-hybridized carbons (Fsp3) is 0.235. The van der Waals surface area contributed by atoms with E-state index in [0.717, 1.165) is 0 Å². The van der Waals surface area contributed by atoms with E-state index in [0.29, 0.717) is 5.56 Å². The van der Waals surface area contributed by atoms with E-state index in [1.54, 1.807) is 26.1 Å². The highest BCUT2D eigenvalue weighted by atomic mass is 35.5. The molecule has 0 aliphatic rings. The molecule has 0 radical (unpaired) electrons. The molecule has 26 heavy (non-hydrogen) atoms. The standard InChI is InChI=1S/C17H14Cl2FN3O3/c1-3-25-17(24)10-8-21-23-7-6-13(22-16(10)23)26-9(2)14-11(18)4-5-12(20)15(14)19/h4-9H,3H2,1-2H3/t9-/m1/s1. The van der Waals surface area contributed by atoms with Gasteiger partial charge in [-0.3, -0.25) is 0 Å². The number of esters is 1. The quantitative estimate of drug-likeness (QED) is 0.468. The number of hydrogen-bond donors (Lipinski definition) is 0. The molecule has 9 heteroatoms. The molecule has 136 valence electrons. The van der Waals surface area contributed by atoms with Crippen LogP contribution in [0, 0.1) is 5.82 Å². The zero-order chi connectivity index (χ0) is 18.8. The molecule has 2 aromatic heterocycles. The van der Waals surface area contributed by atoms with Gasteiger partial charge in [-0.15, -0.1) is 0 Å². The molecule has 1 aromatic carbocycles. The minimum absolute atomic E-state index is 0.109. The van der Waals surface area contributed by atoms with Crippen molar-refractivity contribution in [2.75, 3.05) is 6.61 Å². The van der Waals surface area contributed by atoms with Crippen LogP contribution in [-0.2, 0) is 4.74 Å². The number of halogens is 3. The van der Waals surface area contributed by atoms with Gasteiger partial charge >= 0.3 is 5.97 Å². The molecule has 0 spiro atoms. The lowest BCUT2D eigenvalue weighted by Gasteiger charge is -2.17. The van der Waals surface area contributed by atoms with Gasteiger partial charge in [0.25, 0.3) is 0 Å². The lowest BCUT2D eigenvalue weighted by Crippen LogP contribution is -2.08. The van der Waals surface area contributed by atoms with Gasteiger partial charge in [0.2, 0.25) is 5.88 Å². The number of fused-ring (bicyclic) bond motifs is 1. The Kier molecular flexibility index (Phi) is 5.29. The van der Waals surface area contributed by atoms with Gasteiger partial charge in [0, 0.05) is 22.8 Å². The molecule has 0 amide bonds. The van der Waals surface area contributed by atoms with Crippen molar-refractivity contribution < 1.29 is 18.7 Å². The molecule has 3 aromatic rings. The van der Waals surface area contributed by atoms with Crippen LogP contribution in [0.5, 0.6) is 5.88 Å². The second-order valence-electron chi connectivity index (χ2n) is 5.33. The first-order valence-corrected chi connectivity index (χ1v) is 8.49. The largest absolute Gasteiger partial charge is 0.470 e. The van der Waals surface area contributed by atoms with Crippen LogP contribution in [0.4, 0.5) is 4.39 Å². The van der Waals surface area contributed by atoms with Crippen molar-refractivity contribution in [3.63, 3.8) is 0 Å². The lowest BCUT2D eigenvalue weighted by atomic mass is 10.1. The summed E-state index contributed by atoms with van der Waals surface area (Å²) < 4.78 is 25.9. The highest BCUT2D eigenvalue weighted by Crippen LogP contribution is 2.34. The molecule has 0 bridgehead atoms. The molecule has 0 aliphatic heterocycles. The second kappa shape index (κ2) is 7.47. The molecule has 6 nitrogen and oxygen atoms in total. The number of aromatic nitrogens is 3. The third-order valence-electron chi connectivity index (χ3n) is 3.62. The Labute approximate surface area is 158 Å². The summed E-state index contributed by atoms with van der Waals surface area (Å²) in [6, 6.07) is 4.15. The van der Waals surface area contributed by atoms with E-state index in [1.807, 2.05) is 0 Å². The Hall–Kier alpha value is -2.38. The Morgan fingerprint density at radius 3 is 2.85 bits per heavy atom. The molecule has 0 aliphatic carbocycles. The van der Waals surface area contributed by atoms with E-state index < -0.39 is 17.9 Å². The minimum atomic E-state index is -0.672. The SMILES string of the molecule is CCOC(=O)c1cnn2ccc(O[C@H](C)c3c(Cl)ccc(F)c3Cl)nc12. The average Bonchev–Trinajstić information content (AvgIpc) is 3.02. The number of carbonyl (C=O) groups is 1. The highest BCUT2D eigenvalue weighted by molar-refractivity contribution is 6.36. The number of rotatable bonds is 5. The number of ether oxygens (including phenoxy) is 2. The second-order valence-corrected chi connectivity index (χ2v) is 6.11. The lowest BCUT2D eigenvalue weighted by molar-refractivity contribution is 0.0528. The molecule has 0 saturated heterocycles. The summed E-state index contributed by atoms with van der Waals surface area (Å²) in [5.41, 5.74) is 0.811. The molecule has 0 unspecified atom stereocenters. The fourth-order valence-corrected chi connectivity index (χ4v) is 3.10. The van der Waals surface area contributed by atoms with Gasteiger partial charge < -0.3 is 9.47 Å². The molecule has 0 N–H and O–H groups in total. The minimum Gasteiger partial charge on any atom is -0.470 e. The number of carbonyl (C=O) groups excluding carboxylic acids is 1. The summed E-state index contributed by atoms with van der Waals surface area (Å²) in [6.45, 7) is 3.61. The third-order valence-corrected chi connectivity index (χ3v) is 4.34. The first kappa shape index (κ1) is 18.4. The van der Waals surface area contributed by atoms with E-state index in [4.69, 9.17) is 32.7 Å². The Balaban J connectivity index is 1.93. The van der Waals surface area contributed by atoms with E-state index in [2.05, 4.69) is 10.1 Å². The van der Waals surface area contributed by atoms with Crippen molar-refractivity contribution >= 4 is 34.8 Å². The summed E-state index contributed by atoms with van der Waals surface area (Å²) in [4.78, 5) is 16.3. The zero-order valence-corrected chi connectivity index (χ0v) is 15.4. The maximum atomic E-state index is 13.7. The first-order valence-electron chi connectivity index (χ1n) is 7.74. The maximum absolute atomic E-state index is 13.7. The van der Waals surface area contributed by atoms with Gasteiger partial charge in [0.05, 0.1) is 17.8 Å². The van der Waals surface area contributed by atoms with Gasteiger partial charge in [0.15, 0.2) is 5.65 Å². The van der Waals surface area contributed by atoms with Crippen molar-refractivity contribution in [2.45, 2.75) is 20.0 Å². The average molecular weight is 398 g/mol. The van der Waals surface area contributed by atoms with E-state index in [9.17, 15) is 9.18 Å². The normalized spacial score (nSPS) is 12.2. The van der Waals surface area contributed by atoms with Gasteiger partial charge in [0.1, 0.15) is 17.5 Å². The molecule has 0 saturated carbocycles. The van der Waals surface area contributed by atoms with Crippen molar-refractivity contribution in [3.8, 4) is 5.88 Å². The van der Waals surface area contributed by atoms with Crippen molar-refractivity contribution in [1.29, 1.82) is 0 Å². The molecular weight excluding hydrogens is 384 g/mol. The maximum Gasteiger partial charge on any atom is 0.343 e. The van der Waals surface area contributed by atoms with E-state index in [1.165, 1.54) is 22.8 Å². The molecule has 1 atom stereocenters. The summed E-state index contributed by atoms with van der Waals surface area (Å²) >= 11 is 12.1. The molecule has 3 rings (SSSR count). The predicted molar refractivity (Wildman–Crippen MR) is 94.4 cm³/mol. The fourth-order valence-electron chi connectivity index (χ4n) is 2.43. The number of nitrogens with zero attached hydrogens (tertiary/aromatic N) is 3. The molecule has 0 fully saturated rings. The Bertz CT molecular complexity index is 977. The van der Waals surface area contributed by atoms with Gasteiger partial charge in [-0.05, 0) is 26.0 Å². The van der Waals surface area contributed by atoms with Gasteiger partial charge in [-0.25, -0.2) is 13.7 Å². The van der Waals surface area contributed by atoms with Gasteiger partial charge in [-0.2, -0.15) is 10.1 Å². The molecule has 2 heterocycles. The van der Waals surface area contributed by atoms with E-state index in [-0.39, 0.29) is 33.7 Å². The summed E-state index contributed by atoms with van der Waals surface area (Å²) in [5.74, 6) is -0.922. The number of hydrogen-bond acceptors (Lipinski definition) is 5. The zero-order valence-electron chi connectivity index (χ0n) is 13.9. The van der Waals surface area contributed by atoms with Crippen LogP contribution in [0.25, 0.3) is 5.65 Å². The molecular formula is C17H14Cl2FN3O3. The van der Waals surface area contributed by atoms with Crippen LogP contribution in [0.1, 0.15) is 35.9 Å². The van der Waals surface area contributed by atoms with Crippen LogP contribution < -0.4 is 4.74 Å².